The highest BCUT2D eigenvalue weighted by Gasteiger charge is 2.22. The van der Waals surface area contributed by atoms with E-state index in [0.717, 1.165) is 5.69 Å². The normalized spacial score (nSPS) is 11.4. The van der Waals surface area contributed by atoms with Crippen LogP contribution < -0.4 is 0 Å². The van der Waals surface area contributed by atoms with Crippen LogP contribution in [-0.4, -0.2) is 45.0 Å². The van der Waals surface area contributed by atoms with E-state index in [1.807, 2.05) is 30.3 Å². The molecule has 0 saturated heterocycles. The summed E-state index contributed by atoms with van der Waals surface area (Å²) in [6.45, 7) is 0. The number of carbonyl (C=O) groups is 1. The number of halogens is 1. The number of tetrazole rings is 1. The number of carbonyl (C=O) groups excluding carboxylic acids is 1. The third-order valence-electron chi connectivity index (χ3n) is 3.45. The quantitative estimate of drug-likeness (QED) is 0.529. The summed E-state index contributed by atoms with van der Waals surface area (Å²) in [4.78, 5) is 14.7. The third-order valence-corrected chi connectivity index (χ3v) is 3.45. The number of nitrogens with zero attached hydrogens (tertiary/aromatic N) is 5. The number of allylic oxidation sites excluding steroid dienone is 1. The van der Waals surface area contributed by atoms with Crippen molar-refractivity contribution in [3.63, 3.8) is 0 Å². The van der Waals surface area contributed by atoms with Crippen molar-refractivity contribution in [2.45, 2.75) is 0 Å². The van der Waals surface area contributed by atoms with Crippen molar-refractivity contribution in [1.29, 1.82) is 0 Å². The molecule has 3 rings (SSSR count). The second-order valence-corrected chi connectivity index (χ2v) is 5.59. The first kappa shape index (κ1) is 16.5. The Bertz CT molecular complexity index is 901. The van der Waals surface area contributed by atoms with Crippen LogP contribution in [-0.2, 0) is 0 Å². The van der Waals surface area contributed by atoms with E-state index in [2.05, 4.69) is 15.5 Å². The summed E-state index contributed by atoms with van der Waals surface area (Å²) >= 11 is 0. The van der Waals surface area contributed by atoms with Gasteiger partial charge in [0.25, 0.3) is 0 Å². The molecule has 0 aliphatic rings. The van der Waals surface area contributed by atoms with Crippen molar-refractivity contribution in [3.05, 3.63) is 78.0 Å². The van der Waals surface area contributed by atoms with Gasteiger partial charge in [-0.05, 0) is 46.8 Å². The Kier molecular flexibility index (Phi) is 4.65. The molecule has 0 spiro atoms. The van der Waals surface area contributed by atoms with Gasteiger partial charge in [-0.25, -0.2) is 4.39 Å². The molecular formula is C18H16FN5O. The van der Waals surface area contributed by atoms with E-state index in [-0.39, 0.29) is 5.78 Å². The number of hydrogen-bond acceptors (Lipinski definition) is 5. The first-order valence-corrected chi connectivity index (χ1v) is 7.59. The zero-order chi connectivity index (χ0) is 17.8. The van der Waals surface area contributed by atoms with Gasteiger partial charge < -0.3 is 4.90 Å². The Morgan fingerprint density at radius 3 is 2.40 bits per heavy atom. The van der Waals surface area contributed by atoms with Crippen LogP contribution in [0.25, 0.3) is 11.3 Å². The molecule has 1 aromatic heterocycles. The Hall–Kier alpha value is -3.35. The molecule has 0 amide bonds. The number of ketones is 1. The lowest BCUT2D eigenvalue weighted by atomic mass is 10.0. The molecule has 0 saturated carbocycles. The third kappa shape index (κ3) is 3.60. The standard InChI is InChI=1S/C18H16FN5O/c1-23(2)12-16(17(25)13-8-10-14(19)11-9-13)18-20-21-22-24(18)15-6-4-3-5-7-15/h3-12H,1-2H3. The molecule has 25 heavy (non-hydrogen) atoms. The first-order chi connectivity index (χ1) is 12.1. The van der Waals surface area contributed by atoms with Gasteiger partial charge in [0.2, 0.25) is 0 Å². The summed E-state index contributed by atoms with van der Waals surface area (Å²) in [7, 11) is 3.60. The van der Waals surface area contributed by atoms with Gasteiger partial charge in [-0.1, -0.05) is 18.2 Å². The molecule has 0 fully saturated rings. The molecule has 0 aliphatic carbocycles. The largest absolute Gasteiger partial charge is 0.383 e. The van der Waals surface area contributed by atoms with Crippen molar-refractivity contribution < 1.29 is 9.18 Å². The second kappa shape index (κ2) is 7.04. The van der Waals surface area contributed by atoms with Gasteiger partial charge in [0.15, 0.2) is 11.6 Å². The molecule has 3 aromatic rings. The van der Waals surface area contributed by atoms with Gasteiger partial charge in [-0.2, -0.15) is 4.68 Å². The summed E-state index contributed by atoms with van der Waals surface area (Å²) in [5.74, 6) is -0.376. The molecule has 0 N–H and O–H groups in total. The summed E-state index contributed by atoms with van der Waals surface area (Å²) in [5, 5.41) is 11.7. The molecule has 0 unspecified atom stereocenters. The maximum atomic E-state index is 13.1. The Morgan fingerprint density at radius 2 is 1.76 bits per heavy atom. The number of hydrogen-bond donors (Lipinski definition) is 0. The monoisotopic (exact) mass is 337 g/mol. The van der Waals surface area contributed by atoms with Gasteiger partial charge in [-0.15, -0.1) is 5.10 Å². The van der Waals surface area contributed by atoms with Gasteiger partial charge in [0.05, 0.1) is 11.3 Å². The predicted molar refractivity (Wildman–Crippen MR) is 91.5 cm³/mol. The van der Waals surface area contributed by atoms with Crippen molar-refractivity contribution in [1.82, 2.24) is 25.1 Å². The number of para-hydroxylation sites is 1. The van der Waals surface area contributed by atoms with E-state index in [9.17, 15) is 9.18 Å². The van der Waals surface area contributed by atoms with Gasteiger partial charge in [0.1, 0.15) is 5.82 Å². The average molecular weight is 337 g/mol. The minimum atomic E-state index is -0.399. The number of benzene rings is 2. The SMILES string of the molecule is CN(C)C=C(C(=O)c1ccc(F)cc1)c1nnnn1-c1ccccc1. The van der Waals surface area contributed by atoms with Crippen LogP contribution in [0.4, 0.5) is 4.39 Å². The number of aromatic nitrogens is 4. The fourth-order valence-corrected chi connectivity index (χ4v) is 2.33. The molecule has 2 aromatic carbocycles. The average Bonchev–Trinajstić information content (AvgIpc) is 3.10. The Morgan fingerprint density at radius 1 is 1.08 bits per heavy atom. The molecule has 0 aliphatic heterocycles. The topological polar surface area (TPSA) is 63.9 Å². The fraction of sp³-hybridized carbons (Fsp3) is 0.111. The number of rotatable bonds is 5. The lowest BCUT2D eigenvalue weighted by Crippen LogP contribution is -2.13. The lowest BCUT2D eigenvalue weighted by molar-refractivity contribution is 0.105. The van der Waals surface area contributed by atoms with E-state index in [1.54, 1.807) is 25.2 Å². The Balaban J connectivity index is 2.08. The van der Waals surface area contributed by atoms with E-state index < -0.39 is 5.82 Å². The predicted octanol–water partition coefficient (Wildman–Crippen LogP) is 2.59. The summed E-state index contributed by atoms with van der Waals surface area (Å²) in [5.41, 5.74) is 1.40. The van der Waals surface area contributed by atoms with Crippen LogP contribution in [0, 0.1) is 5.82 Å². The van der Waals surface area contributed by atoms with E-state index in [0.29, 0.717) is 17.0 Å². The fourth-order valence-electron chi connectivity index (χ4n) is 2.33. The molecule has 1 heterocycles. The van der Waals surface area contributed by atoms with E-state index in [4.69, 9.17) is 0 Å². The van der Waals surface area contributed by atoms with Crippen LogP contribution in [0.5, 0.6) is 0 Å². The summed E-state index contributed by atoms with van der Waals surface area (Å²) < 4.78 is 14.6. The Labute approximate surface area is 144 Å². The van der Waals surface area contributed by atoms with Crippen molar-refractivity contribution >= 4 is 11.4 Å². The van der Waals surface area contributed by atoms with Crippen LogP contribution in [0.3, 0.4) is 0 Å². The first-order valence-electron chi connectivity index (χ1n) is 7.59. The van der Waals surface area contributed by atoms with Gasteiger partial charge in [-0.3, -0.25) is 4.79 Å². The molecule has 7 heteroatoms. The van der Waals surface area contributed by atoms with Crippen molar-refractivity contribution in [3.8, 4) is 5.69 Å². The highest BCUT2D eigenvalue weighted by atomic mass is 19.1. The van der Waals surface area contributed by atoms with Crippen molar-refractivity contribution in [2.24, 2.45) is 0 Å². The molecular weight excluding hydrogens is 321 g/mol. The number of Topliss-reactive ketones (excluding diaryl/α,β-unsaturated/α-hetero) is 1. The molecule has 126 valence electrons. The minimum Gasteiger partial charge on any atom is -0.383 e. The van der Waals surface area contributed by atoms with E-state index in [1.165, 1.54) is 28.9 Å². The maximum absolute atomic E-state index is 13.1. The van der Waals surface area contributed by atoms with E-state index >= 15 is 0 Å². The molecule has 6 nitrogen and oxygen atoms in total. The lowest BCUT2D eigenvalue weighted by Gasteiger charge is -2.11. The van der Waals surface area contributed by atoms with Gasteiger partial charge in [0, 0.05) is 25.9 Å². The summed E-state index contributed by atoms with van der Waals surface area (Å²) in [6, 6.07) is 14.7. The van der Waals surface area contributed by atoms with Crippen LogP contribution in [0.1, 0.15) is 16.2 Å². The van der Waals surface area contributed by atoms with Crippen LogP contribution >= 0.6 is 0 Å². The second-order valence-electron chi connectivity index (χ2n) is 5.59. The zero-order valence-corrected chi connectivity index (χ0v) is 13.8. The molecule has 0 bridgehead atoms. The molecule has 0 atom stereocenters. The highest BCUT2D eigenvalue weighted by molar-refractivity contribution is 6.28. The van der Waals surface area contributed by atoms with Crippen molar-refractivity contribution in [2.75, 3.05) is 14.1 Å². The van der Waals surface area contributed by atoms with Crippen LogP contribution in [0.2, 0.25) is 0 Å². The minimum absolute atomic E-state index is 0.291. The molecule has 0 radical (unpaired) electrons. The highest BCUT2D eigenvalue weighted by Crippen LogP contribution is 2.21. The zero-order valence-electron chi connectivity index (χ0n) is 13.8. The van der Waals surface area contributed by atoms with Gasteiger partial charge >= 0.3 is 0 Å². The summed E-state index contributed by atoms with van der Waals surface area (Å²) in [6.07, 6.45) is 1.65. The smallest absolute Gasteiger partial charge is 0.198 e. The van der Waals surface area contributed by atoms with Crippen LogP contribution in [0.15, 0.2) is 60.8 Å². The maximum Gasteiger partial charge on any atom is 0.198 e.